The van der Waals surface area contributed by atoms with Crippen LogP contribution in [0, 0.1) is 5.92 Å². The highest BCUT2D eigenvalue weighted by atomic mass is 16.2. The lowest BCUT2D eigenvalue weighted by Crippen LogP contribution is -2.44. The van der Waals surface area contributed by atoms with Crippen LogP contribution in [0.3, 0.4) is 0 Å². The molecule has 1 aromatic rings. The van der Waals surface area contributed by atoms with Crippen molar-refractivity contribution in [2.45, 2.75) is 45.7 Å². The maximum absolute atomic E-state index is 12.1. The largest absolute Gasteiger partial charge is 0.351 e. The number of amides is 3. The van der Waals surface area contributed by atoms with Crippen LogP contribution in [-0.4, -0.2) is 36.0 Å². The van der Waals surface area contributed by atoms with Gasteiger partial charge in [0.2, 0.25) is 5.91 Å². The summed E-state index contributed by atoms with van der Waals surface area (Å²) in [5.41, 5.74) is 7.60. The van der Waals surface area contributed by atoms with Crippen LogP contribution in [0.2, 0.25) is 0 Å². The van der Waals surface area contributed by atoms with Crippen molar-refractivity contribution in [3.05, 3.63) is 29.8 Å². The maximum atomic E-state index is 12.1. The summed E-state index contributed by atoms with van der Waals surface area (Å²) < 4.78 is 0. The van der Waals surface area contributed by atoms with E-state index >= 15 is 0 Å². The van der Waals surface area contributed by atoms with Crippen molar-refractivity contribution >= 4 is 17.6 Å². The van der Waals surface area contributed by atoms with Crippen LogP contribution in [0.15, 0.2) is 24.3 Å². The molecule has 0 aliphatic carbocycles. The summed E-state index contributed by atoms with van der Waals surface area (Å²) in [7, 11) is 0. The highest BCUT2D eigenvalue weighted by Crippen LogP contribution is 2.14. The van der Waals surface area contributed by atoms with Gasteiger partial charge in [0.25, 0.3) is 0 Å². The third-order valence-electron chi connectivity index (χ3n) is 4.60. The Morgan fingerprint density at radius 1 is 1.29 bits per heavy atom. The first-order chi connectivity index (χ1) is 11.5. The van der Waals surface area contributed by atoms with E-state index in [0.29, 0.717) is 6.54 Å². The van der Waals surface area contributed by atoms with Gasteiger partial charge in [0.15, 0.2) is 0 Å². The van der Waals surface area contributed by atoms with Crippen LogP contribution in [0.5, 0.6) is 0 Å². The number of hydrogen-bond donors (Lipinski definition) is 3. The molecule has 0 bridgehead atoms. The average Bonchev–Trinajstić information content (AvgIpc) is 3.13. The minimum atomic E-state index is -0.493. The molecule has 6 nitrogen and oxygen atoms in total. The van der Waals surface area contributed by atoms with Crippen LogP contribution in [0.1, 0.15) is 38.7 Å². The number of urea groups is 1. The van der Waals surface area contributed by atoms with Crippen LogP contribution < -0.4 is 16.4 Å². The predicted octanol–water partition coefficient (Wildman–Crippen LogP) is 2.30. The number of nitrogens with two attached hydrogens (primary N) is 1. The van der Waals surface area contributed by atoms with Gasteiger partial charge in [0.1, 0.15) is 0 Å². The molecule has 2 rings (SSSR count). The molecule has 1 heterocycles. The smallest absolute Gasteiger partial charge is 0.321 e. The molecule has 24 heavy (non-hydrogen) atoms. The number of nitrogens with zero attached hydrogens (tertiary/aromatic N) is 1. The topological polar surface area (TPSA) is 87.5 Å². The lowest BCUT2D eigenvalue weighted by molar-refractivity contribution is -0.123. The van der Waals surface area contributed by atoms with E-state index in [-0.39, 0.29) is 17.9 Å². The van der Waals surface area contributed by atoms with Crippen molar-refractivity contribution in [2.75, 3.05) is 18.4 Å². The molecule has 132 valence electrons. The lowest BCUT2D eigenvalue weighted by atomic mass is 9.99. The van der Waals surface area contributed by atoms with Gasteiger partial charge >= 0.3 is 6.03 Å². The molecule has 0 radical (unpaired) electrons. The minimum absolute atomic E-state index is 0.0625. The molecule has 0 spiro atoms. The van der Waals surface area contributed by atoms with Crippen LogP contribution >= 0.6 is 0 Å². The third-order valence-corrected chi connectivity index (χ3v) is 4.60. The molecule has 2 unspecified atom stereocenters. The molecular weight excluding hydrogens is 304 g/mol. The standard InChI is InChI=1S/C18H28N4O2/c1-3-13(2)16(19)17(23)20-12-14-7-6-8-15(11-14)21-18(24)22-9-4-5-10-22/h6-8,11,13,16H,3-5,9-10,12,19H2,1-2H3,(H,20,23)(H,21,24). The number of nitrogens with one attached hydrogen (secondary N) is 2. The molecular formula is C18H28N4O2. The van der Waals surface area contributed by atoms with Gasteiger partial charge < -0.3 is 21.3 Å². The van der Waals surface area contributed by atoms with Gasteiger partial charge in [-0.15, -0.1) is 0 Å². The summed E-state index contributed by atoms with van der Waals surface area (Å²) in [6.45, 7) is 6.02. The zero-order valence-corrected chi connectivity index (χ0v) is 14.5. The number of benzene rings is 1. The second-order valence-corrected chi connectivity index (χ2v) is 6.45. The predicted molar refractivity (Wildman–Crippen MR) is 95.5 cm³/mol. The number of likely N-dealkylation sites (tertiary alicyclic amines) is 1. The molecule has 2 atom stereocenters. The van der Waals surface area contributed by atoms with Crippen molar-refractivity contribution in [3.8, 4) is 0 Å². The fraction of sp³-hybridized carbons (Fsp3) is 0.556. The monoisotopic (exact) mass is 332 g/mol. The summed E-state index contributed by atoms with van der Waals surface area (Å²) in [4.78, 5) is 26.0. The second kappa shape index (κ2) is 8.68. The highest BCUT2D eigenvalue weighted by molar-refractivity contribution is 5.89. The van der Waals surface area contributed by atoms with Crippen molar-refractivity contribution < 1.29 is 9.59 Å². The summed E-state index contributed by atoms with van der Waals surface area (Å²) in [6.07, 6.45) is 3.00. The van der Waals surface area contributed by atoms with Gasteiger partial charge in [-0.05, 0) is 36.5 Å². The fourth-order valence-corrected chi connectivity index (χ4v) is 2.70. The van der Waals surface area contributed by atoms with Gasteiger partial charge in [-0.3, -0.25) is 4.79 Å². The maximum Gasteiger partial charge on any atom is 0.321 e. The molecule has 4 N–H and O–H groups in total. The SMILES string of the molecule is CCC(C)C(N)C(=O)NCc1cccc(NC(=O)N2CCCC2)c1. The van der Waals surface area contributed by atoms with Crippen LogP contribution in [-0.2, 0) is 11.3 Å². The lowest BCUT2D eigenvalue weighted by Gasteiger charge is -2.18. The van der Waals surface area contributed by atoms with Gasteiger partial charge in [-0.1, -0.05) is 32.4 Å². The Bertz CT molecular complexity index is 570. The van der Waals surface area contributed by atoms with Crippen LogP contribution in [0.25, 0.3) is 0 Å². The normalized spacial score (nSPS) is 16.5. The molecule has 1 saturated heterocycles. The molecule has 3 amide bonds. The Balaban J connectivity index is 1.88. The first-order valence-corrected chi connectivity index (χ1v) is 8.69. The van der Waals surface area contributed by atoms with E-state index in [1.165, 1.54) is 0 Å². The van der Waals surface area contributed by atoms with E-state index in [2.05, 4.69) is 10.6 Å². The summed E-state index contributed by atoms with van der Waals surface area (Å²) in [5.74, 6) is 0.00643. The van der Waals surface area contributed by atoms with Gasteiger partial charge in [0.05, 0.1) is 6.04 Å². The molecule has 1 aliphatic rings. The first-order valence-electron chi connectivity index (χ1n) is 8.69. The van der Waals surface area contributed by atoms with Crippen molar-refractivity contribution in [1.82, 2.24) is 10.2 Å². The fourth-order valence-electron chi connectivity index (χ4n) is 2.70. The Hall–Kier alpha value is -2.08. The molecule has 6 heteroatoms. The van der Waals surface area contributed by atoms with E-state index in [9.17, 15) is 9.59 Å². The quantitative estimate of drug-likeness (QED) is 0.747. The van der Waals surface area contributed by atoms with E-state index in [1.807, 2.05) is 43.0 Å². The Kier molecular flexibility index (Phi) is 6.61. The summed E-state index contributed by atoms with van der Waals surface area (Å²) in [6, 6.07) is 6.96. The zero-order valence-electron chi connectivity index (χ0n) is 14.5. The van der Waals surface area contributed by atoms with Gasteiger partial charge in [0, 0.05) is 25.3 Å². The Labute approximate surface area is 143 Å². The summed E-state index contributed by atoms with van der Waals surface area (Å²) in [5, 5.41) is 5.77. The summed E-state index contributed by atoms with van der Waals surface area (Å²) >= 11 is 0. The average molecular weight is 332 g/mol. The first kappa shape index (κ1) is 18.3. The number of anilines is 1. The Morgan fingerprint density at radius 3 is 2.67 bits per heavy atom. The number of carbonyl (C=O) groups excluding carboxylic acids is 2. The highest BCUT2D eigenvalue weighted by Gasteiger charge is 2.19. The van der Waals surface area contributed by atoms with Gasteiger partial charge in [-0.25, -0.2) is 4.79 Å². The Morgan fingerprint density at radius 2 is 2.00 bits per heavy atom. The van der Waals surface area contributed by atoms with E-state index < -0.39 is 6.04 Å². The van der Waals surface area contributed by atoms with Crippen molar-refractivity contribution in [3.63, 3.8) is 0 Å². The minimum Gasteiger partial charge on any atom is -0.351 e. The number of carbonyl (C=O) groups is 2. The number of hydrogen-bond acceptors (Lipinski definition) is 3. The van der Waals surface area contributed by atoms with Crippen molar-refractivity contribution in [1.29, 1.82) is 0 Å². The molecule has 1 fully saturated rings. The molecule has 0 saturated carbocycles. The second-order valence-electron chi connectivity index (χ2n) is 6.45. The van der Waals surface area contributed by atoms with Crippen LogP contribution in [0.4, 0.5) is 10.5 Å². The number of rotatable bonds is 6. The molecule has 0 aromatic heterocycles. The van der Waals surface area contributed by atoms with Gasteiger partial charge in [-0.2, -0.15) is 0 Å². The van der Waals surface area contributed by atoms with E-state index in [0.717, 1.165) is 43.6 Å². The van der Waals surface area contributed by atoms with E-state index in [1.54, 1.807) is 0 Å². The third kappa shape index (κ3) is 4.96. The molecule has 1 aromatic carbocycles. The van der Waals surface area contributed by atoms with Crippen molar-refractivity contribution in [2.24, 2.45) is 11.7 Å². The zero-order chi connectivity index (χ0) is 17.5. The molecule has 1 aliphatic heterocycles. The van der Waals surface area contributed by atoms with E-state index in [4.69, 9.17) is 5.73 Å².